The van der Waals surface area contributed by atoms with Gasteiger partial charge in [-0.15, -0.1) is 4.40 Å². The van der Waals surface area contributed by atoms with E-state index in [-0.39, 0.29) is 4.90 Å². The number of aromatic nitrogens is 1. The Morgan fingerprint density at radius 2 is 1.68 bits per heavy atom. The smallest absolute Gasteiger partial charge is 0.285 e. The lowest BCUT2D eigenvalue weighted by Gasteiger charge is -2.08. The van der Waals surface area contributed by atoms with Crippen LogP contribution in [-0.2, 0) is 16.6 Å². The number of nitrogens with zero attached hydrogens (tertiary/aromatic N) is 2. The van der Waals surface area contributed by atoms with E-state index >= 15 is 0 Å². The highest BCUT2D eigenvalue weighted by atomic mass is 32.2. The first-order valence-corrected chi connectivity index (χ1v) is 9.88. The molecule has 3 rings (SSSR count). The number of rotatable bonds is 5. The lowest BCUT2D eigenvalue weighted by Crippen LogP contribution is -2.16. The fraction of sp³-hybridized carbons (Fsp3) is 0.235. The third-order valence-electron chi connectivity index (χ3n) is 3.75. The van der Waals surface area contributed by atoms with Crippen LogP contribution >= 0.6 is 11.3 Å². The predicted molar refractivity (Wildman–Crippen MR) is 97.8 cm³/mol. The van der Waals surface area contributed by atoms with Gasteiger partial charge in [0.15, 0.2) is 0 Å². The van der Waals surface area contributed by atoms with Crippen LogP contribution < -0.4 is 14.3 Å². The van der Waals surface area contributed by atoms with Crippen LogP contribution in [0.1, 0.15) is 6.92 Å². The average Bonchev–Trinajstić information content (AvgIpc) is 2.99. The van der Waals surface area contributed by atoms with E-state index in [1.165, 1.54) is 23.5 Å². The second-order valence-electron chi connectivity index (χ2n) is 5.16. The maximum atomic E-state index is 12.6. The molecule has 0 spiro atoms. The summed E-state index contributed by atoms with van der Waals surface area (Å²) in [5, 5.41) is 0. The Morgan fingerprint density at radius 3 is 2.28 bits per heavy atom. The number of benzene rings is 2. The number of methoxy groups -OCH3 is 2. The number of hydrogen-bond donors (Lipinski definition) is 0. The summed E-state index contributed by atoms with van der Waals surface area (Å²) in [6.07, 6.45) is 0. The van der Waals surface area contributed by atoms with Crippen LogP contribution in [0.15, 0.2) is 51.8 Å². The highest BCUT2D eigenvalue weighted by Gasteiger charge is 2.18. The summed E-state index contributed by atoms with van der Waals surface area (Å²) in [5.74, 6) is 1.30. The van der Waals surface area contributed by atoms with Crippen LogP contribution in [0.5, 0.6) is 11.5 Å². The zero-order valence-corrected chi connectivity index (χ0v) is 15.7. The van der Waals surface area contributed by atoms with Gasteiger partial charge in [-0.3, -0.25) is 0 Å². The van der Waals surface area contributed by atoms with Crippen molar-refractivity contribution in [3.63, 3.8) is 0 Å². The number of fused-ring (bicyclic) bond motifs is 1. The largest absolute Gasteiger partial charge is 0.495 e. The Labute approximate surface area is 150 Å². The lowest BCUT2D eigenvalue weighted by atomic mass is 10.3. The summed E-state index contributed by atoms with van der Waals surface area (Å²) in [7, 11) is -0.642. The summed E-state index contributed by atoms with van der Waals surface area (Å²) < 4.78 is 42.8. The molecule has 1 heterocycles. The van der Waals surface area contributed by atoms with Crippen molar-refractivity contribution < 1.29 is 17.9 Å². The minimum Gasteiger partial charge on any atom is -0.495 e. The van der Waals surface area contributed by atoms with E-state index in [2.05, 4.69) is 4.40 Å². The summed E-state index contributed by atoms with van der Waals surface area (Å²) in [5.41, 5.74) is 0.774. The van der Waals surface area contributed by atoms with Crippen LogP contribution in [0.25, 0.3) is 10.2 Å². The van der Waals surface area contributed by atoms with Gasteiger partial charge in [0, 0.05) is 6.54 Å². The summed E-state index contributed by atoms with van der Waals surface area (Å²) >= 11 is 1.26. The zero-order chi connectivity index (χ0) is 18.0. The molecule has 25 heavy (non-hydrogen) atoms. The summed E-state index contributed by atoms with van der Waals surface area (Å²) in [6, 6.07) is 11.8. The Hall–Kier alpha value is -2.32. The van der Waals surface area contributed by atoms with E-state index in [0.717, 1.165) is 10.2 Å². The normalized spacial score (nSPS) is 12.5. The predicted octanol–water partition coefficient (Wildman–Crippen LogP) is 3.03. The third-order valence-corrected chi connectivity index (χ3v) is 6.24. The van der Waals surface area contributed by atoms with E-state index in [1.54, 1.807) is 44.6 Å². The number of aryl methyl sites for hydroxylation is 1. The second kappa shape index (κ2) is 6.89. The van der Waals surface area contributed by atoms with Gasteiger partial charge in [-0.25, -0.2) is 0 Å². The number of ether oxygens (including phenoxy) is 2. The summed E-state index contributed by atoms with van der Waals surface area (Å²) in [6.45, 7) is 2.48. The highest BCUT2D eigenvalue weighted by molar-refractivity contribution is 7.90. The minimum absolute atomic E-state index is 0.161. The Kier molecular flexibility index (Phi) is 4.82. The molecule has 0 amide bonds. The standard InChI is InChI=1S/C17H18N2O4S2/c1-4-19-15-13(22-2)10-11-14(23-3)16(15)24-17(19)18-25(20,21)12-8-6-5-7-9-12/h5-11H,4H2,1-3H3/b18-17-. The zero-order valence-electron chi connectivity index (χ0n) is 14.1. The van der Waals surface area contributed by atoms with Gasteiger partial charge in [-0.05, 0) is 31.2 Å². The first kappa shape index (κ1) is 17.5. The fourth-order valence-electron chi connectivity index (χ4n) is 2.57. The molecule has 0 saturated carbocycles. The second-order valence-corrected chi connectivity index (χ2v) is 7.74. The van der Waals surface area contributed by atoms with Crippen LogP contribution in [0, 0.1) is 0 Å². The molecule has 132 valence electrons. The van der Waals surface area contributed by atoms with Gasteiger partial charge in [0.2, 0.25) is 4.80 Å². The molecule has 2 aromatic carbocycles. The van der Waals surface area contributed by atoms with Crippen molar-refractivity contribution in [1.82, 2.24) is 4.57 Å². The van der Waals surface area contributed by atoms with Crippen molar-refractivity contribution in [1.29, 1.82) is 0 Å². The van der Waals surface area contributed by atoms with E-state index in [9.17, 15) is 8.42 Å². The molecule has 1 aromatic heterocycles. The van der Waals surface area contributed by atoms with Crippen molar-refractivity contribution in [2.45, 2.75) is 18.4 Å². The minimum atomic E-state index is -3.80. The molecule has 6 nitrogen and oxygen atoms in total. The molecule has 0 aliphatic rings. The van der Waals surface area contributed by atoms with Crippen molar-refractivity contribution in [2.24, 2.45) is 4.40 Å². The van der Waals surface area contributed by atoms with Crippen molar-refractivity contribution in [3.8, 4) is 11.5 Å². The van der Waals surface area contributed by atoms with Crippen LogP contribution in [0.4, 0.5) is 0 Å². The molecule has 8 heteroatoms. The first-order chi connectivity index (χ1) is 12.0. The van der Waals surface area contributed by atoms with E-state index in [4.69, 9.17) is 9.47 Å². The molecule has 0 fully saturated rings. The van der Waals surface area contributed by atoms with Gasteiger partial charge < -0.3 is 14.0 Å². The highest BCUT2D eigenvalue weighted by Crippen LogP contribution is 2.35. The molecule has 0 atom stereocenters. The molecule has 0 saturated heterocycles. The maximum absolute atomic E-state index is 12.6. The van der Waals surface area contributed by atoms with Gasteiger partial charge in [-0.2, -0.15) is 8.42 Å². The van der Waals surface area contributed by atoms with Crippen molar-refractivity contribution >= 4 is 31.6 Å². The average molecular weight is 378 g/mol. The Balaban J connectivity index is 2.34. The Morgan fingerprint density at radius 1 is 1.04 bits per heavy atom. The van der Waals surface area contributed by atoms with E-state index in [0.29, 0.717) is 22.8 Å². The maximum Gasteiger partial charge on any atom is 0.285 e. The number of thiazole rings is 1. The molecular formula is C17H18N2O4S2. The van der Waals surface area contributed by atoms with Crippen LogP contribution in [-0.4, -0.2) is 27.2 Å². The topological polar surface area (TPSA) is 69.9 Å². The number of hydrogen-bond acceptors (Lipinski definition) is 5. The van der Waals surface area contributed by atoms with Gasteiger partial charge in [-0.1, -0.05) is 29.5 Å². The molecule has 0 aliphatic carbocycles. The molecule has 0 unspecified atom stereocenters. The first-order valence-electron chi connectivity index (χ1n) is 7.62. The molecule has 0 bridgehead atoms. The fourth-order valence-corrected chi connectivity index (χ4v) is 4.99. The molecule has 3 aromatic rings. The molecule has 0 aliphatic heterocycles. The molecular weight excluding hydrogens is 360 g/mol. The van der Waals surface area contributed by atoms with Crippen molar-refractivity contribution in [3.05, 3.63) is 47.3 Å². The van der Waals surface area contributed by atoms with E-state index in [1.807, 2.05) is 11.5 Å². The molecule has 0 radical (unpaired) electrons. The van der Waals surface area contributed by atoms with Gasteiger partial charge >= 0.3 is 0 Å². The monoisotopic (exact) mass is 378 g/mol. The SMILES string of the molecule is CCn1/c(=N/S(=O)(=O)c2ccccc2)sc2c(OC)ccc(OC)c21. The van der Waals surface area contributed by atoms with Gasteiger partial charge in [0.1, 0.15) is 21.7 Å². The lowest BCUT2D eigenvalue weighted by molar-refractivity contribution is 0.409. The van der Waals surface area contributed by atoms with Crippen LogP contribution in [0.2, 0.25) is 0 Å². The van der Waals surface area contributed by atoms with Gasteiger partial charge in [0.05, 0.1) is 19.1 Å². The van der Waals surface area contributed by atoms with Crippen LogP contribution in [0.3, 0.4) is 0 Å². The summed E-state index contributed by atoms with van der Waals surface area (Å²) in [4.78, 5) is 0.540. The third kappa shape index (κ3) is 3.14. The van der Waals surface area contributed by atoms with E-state index < -0.39 is 10.0 Å². The quantitative estimate of drug-likeness (QED) is 0.684. The number of sulfonamides is 1. The Bertz CT molecular complexity index is 1070. The van der Waals surface area contributed by atoms with Gasteiger partial charge in [0.25, 0.3) is 10.0 Å². The molecule has 0 N–H and O–H groups in total. The van der Waals surface area contributed by atoms with Crippen molar-refractivity contribution in [2.75, 3.05) is 14.2 Å².